The summed E-state index contributed by atoms with van der Waals surface area (Å²) in [5.74, 6) is 1.47. The van der Waals surface area contributed by atoms with Gasteiger partial charge < -0.3 is 19.9 Å². The van der Waals surface area contributed by atoms with Gasteiger partial charge in [0.2, 0.25) is 0 Å². The highest BCUT2D eigenvalue weighted by Crippen LogP contribution is 2.22. The molecule has 4 rings (SSSR count). The number of methoxy groups -OCH3 is 1. The Kier molecular flexibility index (Phi) is 5.33. The number of hydrogen-bond acceptors (Lipinski definition) is 5. The lowest BCUT2D eigenvalue weighted by atomic mass is 10.2. The number of carbonyl (C=O) groups excluding carboxylic acids is 1. The lowest BCUT2D eigenvalue weighted by Crippen LogP contribution is -2.31. The number of nitrogens with one attached hydrogen (secondary N) is 2. The van der Waals surface area contributed by atoms with Crippen LogP contribution in [0, 0.1) is 0 Å². The zero-order chi connectivity index (χ0) is 20.1. The molecule has 0 atom stereocenters. The first-order valence-electron chi connectivity index (χ1n) is 9.15. The lowest BCUT2D eigenvalue weighted by Gasteiger charge is -2.11. The third kappa shape index (κ3) is 4.16. The highest BCUT2D eigenvalue weighted by Gasteiger charge is 2.13. The van der Waals surface area contributed by atoms with E-state index in [2.05, 4.69) is 20.6 Å². The number of ether oxygens (including phenoxy) is 1. The molecule has 0 aliphatic rings. The van der Waals surface area contributed by atoms with Gasteiger partial charge >= 0.3 is 6.03 Å². The highest BCUT2D eigenvalue weighted by molar-refractivity contribution is 5.89. The molecule has 2 amide bonds. The lowest BCUT2D eigenvalue weighted by molar-refractivity contribution is 0.251. The summed E-state index contributed by atoms with van der Waals surface area (Å²) < 4.78 is 7.17. The van der Waals surface area contributed by atoms with Crippen LogP contribution in [-0.4, -0.2) is 39.2 Å². The average molecular weight is 388 g/mol. The number of carbonyl (C=O) groups is 1. The Morgan fingerprint density at radius 2 is 1.97 bits per heavy atom. The van der Waals surface area contributed by atoms with Crippen LogP contribution in [0.5, 0.6) is 5.75 Å². The minimum Gasteiger partial charge on any atom is -0.497 e. The number of fused-ring (bicyclic) bond motifs is 1. The summed E-state index contributed by atoms with van der Waals surface area (Å²) in [5.41, 5.74) is 3.18. The first kappa shape index (κ1) is 18.4. The van der Waals surface area contributed by atoms with Gasteiger partial charge in [-0.25, -0.2) is 14.8 Å². The second kappa shape index (κ2) is 8.39. The van der Waals surface area contributed by atoms with Crippen LogP contribution in [0.15, 0.2) is 67.1 Å². The van der Waals surface area contributed by atoms with Crippen molar-refractivity contribution in [3.05, 3.63) is 67.1 Å². The molecule has 0 radical (unpaired) electrons. The van der Waals surface area contributed by atoms with E-state index in [1.807, 2.05) is 41.0 Å². The van der Waals surface area contributed by atoms with E-state index in [1.165, 1.54) is 0 Å². The summed E-state index contributed by atoms with van der Waals surface area (Å²) in [5, 5.41) is 5.67. The summed E-state index contributed by atoms with van der Waals surface area (Å²) in [6.07, 6.45) is 5.19. The van der Waals surface area contributed by atoms with Crippen molar-refractivity contribution in [2.24, 2.45) is 0 Å². The summed E-state index contributed by atoms with van der Waals surface area (Å²) in [6.45, 7) is 0.937. The van der Waals surface area contributed by atoms with E-state index in [1.54, 1.807) is 37.8 Å². The number of pyridine rings is 2. The molecule has 0 spiro atoms. The predicted molar refractivity (Wildman–Crippen MR) is 111 cm³/mol. The fraction of sp³-hybridized carbons (Fsp3) is 0.143. The Morgan fingerprint density at radius 1 is 1.10 bits per heavy atom. The summed E-state index contributed by atoms with van der Waals surface area (Å²) in [4.78, 5) is 25.5. The molecule has 3 heterocycles. The normalized spacial score (nSPS) is 10.7. The van der Waals surface area contributed by atoms with Gasteiger partial charge in [0.25, 0.3) is 0 Å². The molecule has 146 valence electrons. The van der Waals surface area contributed by atoms with E-state index in [9.17, 15) is 4.79 Å². The van der Waals surface area contributed by atoms with Gasteiger partial charge in [-0.05, 0) is 36.4 Å². The van der Waals surface area contributed by atoms with E-state index in [0.29, 0.717) is 24.5 Å². The Hall–Kier alpha value is -3.94. The molecular formula is C21H20N6O2. The van der Waals surface area contributed by atoms with E-state index in [-0.39, 0.29) is 6.03 Å². The smallest absolute Gasteiger partial charge is 0.319 e. The topological polar surface area (TPSA) is 94.0 Å². The largest absolute Gasteiger partial charge is 0.497 e. The van der Waals surface area contributed by atoms with E-state index < -0.39 is 0 Å². The van der Waals surface area contributed by atoms with Crippen LogP contribution >= 0.6 is 0 Å². The van der Waals surface area contributed by atoms with Crippen molar-refractivity contribution in [1.29, 1.82) is 0 Å². The van der Waals surface area contributed by atoms with Crippen LogP contribution in [0.1, 0.15) is 0 Å². The van der Waals surface area contributed by atoms with Crippen LogP contribution in [0.3, 0.4) is 0 Å². The minimum absolute atomic E-state index is 0.291. The van der Waals surface area contributed by atoms with Gasteiger partial charge in [0.15, 0.2) is 5.65 Å². The molecule has 8 heteroatoms. The Bertz CT molecular complexity index is 1130. The van der Waals surface area contributed by atoms with Crippen LogP contribution in [0.2, 0.25) is 0 Å². The monoisotopic (exact) mass is 388 g/mol. The predicted octanol–water partition coefficient (Wildman–Crippen LogP) is 3.32. The van der Waals surface area contributed by atoms with Crippen molar-refractivity contribution in [3.63, 3.8) is 0 Å². The molecule has 0 unspecified atom stereocenters. The van der Waals surface area contributed by atoms with Crippen LogP contribution < -0.4 is 15.4 Å². The zero-order valence-electron chi connectivity index (χ0n) is 15.9. The maximum Gasteiger partial charge on any atom is 0.319 e. The molecule has 0 bridgehead atoms. The average Bonchev–Trinajstić information content (AvgIpc) is 3.13. The summed E-state index contributed by atoms with van der Waals surface area (Å²) in [6, 6.07) is 14.5. The Balaban J connectivity index is 1.47. The number of rotatable bonds is 6. The van der Waals surface area contributed by atoms with Gasteiger partial charge in [0, 0.05) is 49.0 Å². The Labute approximate surface area is 167 Å². The molecule has 1 aromatic carbocycles. The minimum atomic E-state index is -0.291. The number of urea groups is 1. The Morgan fingerprint density at radius 3 is 2.79 bits per heavy atom. The van der Waals surface area contributed by atoms with Gasteiger partial charge in [0.1, 0.15) is 17.1 Å². The second-order valence-electron chi connectivity index (χ2n) is 6.28. The fourth-order valence-corrected chi connectivity index (χ4v) is 3.05. The molecule has 0 fully saturated rings. The second-order valence-corrected chi connectivity index (χ2v) is 6.28. The van der Waals surface area contributed by atoms with Crippen molar-refractivity contribution in [1.82, 2.24) is 24.8 Å². The van der Waals surface area contributed by atoms with Gasteiger partial charge in [-0.3, -0.25) is 4.98 Å². The molecule has 0 aliphatic carbocycles. The van der Waals surface area contributed by atoms with Gasteiger partial charge in [-0.1, -0.05) is 6.07 Å². The van der Waals surface area contributed by atoms with E-state index in [4.69, 9.17) is 9.72 Å². The van der Waals surface area contributed by atoms with Crippen molar-refractivity contribution in [2.45, 2.75) is 6.54 Å². The third-order valence-corrected chi connectivity index (χ3v) is 4.39. The number of benzene rings is 1. The number of anilines is 1. The van der Waals surface area contributed by atoms with Crippen molar-refractivity contribution >= 4 is 22.9 Å². The third-order valence-electron chi connectivity index (χ3n) is 4.39. The van der Waals surface area contributed by atoms with Crippen LogP contribution in [-0.2, 0) is 6.54 Å². The molecule has 0 aliphatic heterocycles. The maximum absolute atomic E-state index is 12.2. The maximum atomic E-state index is 12.2. The van der Waals surface area contributed by atoms with Crippen LogP contribution in [0.25, 0.3) is 22.6 Å². The molecule has 3 aromatic heterocycles. The zero-order valence-corrected chi connectivity index (χ0v) is 15.9. The standard InChI is InChI=1S/C21H20N6O2/c1-29-17-5-2-4-16(14-17)25-21(28)24-12-13-27-19(15-7-10-22-11-8-15)26-18-6-3-9-23-20(18)27/h2-11,14H,12-13H2,1H3,(H2,24,25,28). The fourth-order valence-electron chi connectivity index (χ4n) is 3.05. The number of imidazole rings is 1. The summed E-state index contributed by atoms with van der Waals surface area (Å²) >= 11 is 0. The van der Waals surface area contributed by atoms with Crippen LogP contribution in [0.4, 0.5) is 10.5 Å². The van der Waals surface area contributed by atoms with Gasteiger partial charge in [-0.2, -0.15) is 0 Å². The van der Waals surface area contributed by atoms with E-state index in [0.717, 1.165) is 22.6 Å². The molecule has 2 N–H and O–H groups in total. The van der Waals surface area contributed by atoms with E-state index >= 15 is 0 Å². The first-order valence-corrected chi connectivity index (χ1v) is 9.15. The number of hydrogen-bond donors (Lipinski definition) is 2. The van der Waals surface area contributed by atoms with Crippen molar-refractivity contribution in [2.75, 3.05) is 19.0 Å². The number of amides is 2. The first-order chi connectivity index (χ1) is 14.2. The molecule has 29 heavy (non-hydrogen) atoms. The quantitative estimate of drug-likeness (QED) is 0.528. The molecule has 0 saturated carbocycles. The van der Waals surface area contributed by atoms with Crippen molar-refractivity contribution in [3.8, 4) is 17.1 Å². The number of nitrogens with zero attached hydrogens (tertiary/aromatic N) is 4. The SMILES string of the molecule is COc1cccc(NC(=O)NCCn2c(-c3ccncc3)nc3cccnc32)c1. The molecular weight excluding hydrogens is 368 g/mol. The van der Waals surface area contributed by atoms with Crippen molar-refractivity contribution < 1.29 is 9.53 Å². The number of aromatic nitrogens is 4. The van der Waals surface area contributed by atoms with Gasteiger partial charge in [-0.15, -0.1) is 0 Å². The highest BCUT2D eigenvalue weighted by atomic mass is 16.5. The molecule has 0 saturated heterocycles. The van der Waals surface area contributed by atoms with Gasteiger partial charge in [0.05, 0.1) is 7.11 Å². The summed E-state index contributed by atoms with van der Waals surface area (Å²) in [7, 11) is 1.59. The molecule has 8 nitrogen and oxygen atoms in total. The molecule has 4 aromatic rings.